The third kappa shape index (κ3) is 5.13. The maximum absolute atomic E-state index is 13.3. The van der Waals surface area contributed by atoms with Crippen LogP contribution in [-0.2, 0) is 11.0 Å². The number of piperidine rings is 1. The minimum atomic E-state index is -4.82. The number of rotatable bonds is 3. The zero-order valence-corrected chi connectivity index (χ0v) is 19.1. The molecule has 2 aliphatic rings. The Morgan fingerprint density at radius 3 is 2.21 bits per heavy atom. The number of hydrogen-bond donors (Lipinski definition) is 0. The van der Waals surface area contributed by atoms with E-state index in [0.29, 0.717) is 45.1 Å². The first-order valence-corrected chi connectivity index (χ1v) is 11.2. The van der Waals surface area contributed by atoms with Crippen LogP contribution in [0, 0.1) is 11.2 Å². The molecule has 0 N–H and O–H groups in total. The summed E-state index contributed by atoms with van der Waals surface area (Å²) in [5, 5.41) is 0. The van der Waals surface area contributed by atoms with Crippen molar-refractivity contribution in [2.75, 3.05) is 26.2 Å². The van der Waals surface area contributed by atoms with Crippen LogP contribution in [0.4, 0.5) is 17.6 Å². The topological polar surface area (TPSA) is 40.6 Å². The number of hydrogen-bond acceptors (Lipinski definition) is 2. The van der Waals surface area contributed by atoms with Crippen molar-refractivity contribution in [2.24, 2.45) is 5.41 Å². The number of benzene rings is 2. The van der Waals surface area contributed by atoms with Crippen LogP contribution in [-0.4, -0.2) is 47.8 Å². The fourth-order valence-corrected chi connectivity index (χ4v) is 4.64. The third-order valence-electron chi connectivity index (χ3n) is 6.28. The Balaban J connectivity index is 1.33. The lowest BCUT2D eigenvalue weighted by molar-refractivity contribution is -0.140. The van der Waals surface area contributed by atoms with Crippen LogP contribution in [0.25, 0.3) is 6.08 Å². The summed E-state index contributed by atoms with van der Waals surface area (Å²) in [6, 6.07) is 9.68. The van der Waals surface area contributed by atoms with Crippen molar-refractivity contribution in [3.05, 3.63) is 75.5 Å². The zero-order chi connectivity index (χ0) is 23.8. The molecule has 2 aromatic rings. The first-order valence-electron chi connectivity index (χ1n) is 10.4. The van der Waals surface area contributed by atoms with Gasteiger partial charge in [0.1, 0.15) is 5.82 Å². The molecule has 0 aromatic heterocycles. The Morgan fingerprint density at radius 1 is 0.970 bits per heavy atom. The molecule has 9 heteroatoms. The molecule has 2 aliphatic heterocycles. The highest BCUT2D eigenvalue weighted by atomic mass is 79.9. The average molecular weight is 525 g/mol. The van der Waals surface area contributed by atoms with Gasteiger partial charge in [-0.2, -0.15) is 13.2 Å². The Morgan fingerprint density at radius 2 is 1.61 bits per heavy atom. The number of alkyl halides is 3. The molecule has 0 aliphatic carbocycles. The monoisotopic (exact) mass is 524 g/mol. The molecule has 0 atom stereocenters. The molecule has 2 fully saturated rings. The van der Waals surface area contributed by atoms with Gasteiger partial charge in [-0.3, -0.25) is 9.59 Å². The van der Waals surface area contributed by atoms with E-state index in [1.54, 1.807) is 11.0 Å². The van der Waals surface area contributed by atoms with E-state index in [9.17, 15) is 27.2 Å². The summed E-state index contributed by atoms with van der Waals surface area (Å²) >= 11 is 3.36. The van der Waals surface area contributed by atoms with E-state index in [2.05, 4.69) is 15.9 Å². The Labute approximate surface area is 197 Å². The summed E-state index contributed by atoms with van der Waals surface area (Å²) < 4.78 is 54.1. The number of halogens is 5. The molecule has 4 rings (SSSR count). The number of amides is 2. The fraction of sp³-hybridized carbons (Fsp3) is 0.333. The van der Waals surface area contributed by atoms with Gasteiger partial charge in [-0.05, 0) is 54.8 Å². The predicted molar refractivity (Wildman–Crippen MR) is 119 cm³/mol. The minimum Gasteiger partial charge on any atom is -0.339 e. The van der Waals surface area contributed by atoms with Gasteiger partial charge in [0.15, 0.2) is 0 Å². The summed E-state index contributed by atoms with van der Waals surface area (Å²) in [7, 11) is 0. The summed E-state index contributed by atoms with van der Waals surface area (Å²) in [6.07, 6.45) is -0.338. The molecule has 0 saturated carbocycles. The van der Waals surface area contributed by atoms with Gasteiger partial charge in [0.05, 0.1) is 11.1 Å². The van der Waals surface area contributed by atoms with E-state index in [4.69, 9.17) is 0 Å². The molecule has 2 saturated heterocycles. The van der Waals surface area contributed by atoms with Crippen molar-refractivity contribution in [3.63, 3.8) is 0 Å². The van der Waals surface area contributed by atoms with Crippen LogP contribution >= 0.6 is 15.9 Å². The molecule has 2 amide bonds. The van der Waals surface area contributed by atoms with Crippen molar-refractivity contribution in [3.8, 4) is 0 Å². The molecule has 0 radical (unpaired) electrons. The molecule has 4 nitrogen and oxygen atoms in total. The molecule has 174 valence electrons. The van der Waals surface area contributed by atoms with Crippen molar-refractivity contribution in [2.45, 2.75) is 19.0 Å². The lowest BCUT2D eigenvalue weighted by atomic mass is 9.72. The van der Waals surface area contributed by atoms with Gasteiger partial charge < -0.3 is 9.80 Å². The van der Waals surface area contributed by atoms with Gasteiger partial charge in [0.25, 0.3) is 5.91 Å². The summed E-state index contributed by atoms with van der Waals surface area (Å²) in [6.45, 7) is 1.71. The van der Waals surface area contributed by atoms with E-state index in [1.807, 2.05) is 24.3 Å². The molecule has 0 bridgehead atoms. The molecule has 2 heterocycles. The van der Waals surface area contributed by atoms with E-state index in [0.717, 1.165) is 22.2 Å². The first-order chi connectivity index (χ1) is 15.6. The fourth-order valence-electron chi connectivity index (χ4n) is 4.37. The summed E-state index contributed by atoms with van der Waals surface area (Å²) in [4.78, 5) is 28.3. The van der Waals surface area contributed by atoms with E-state index >= 15 is 0 Å². The van der Waals surface area contributed by atoms with Crippen LogP contribution in [0.3, 0.4) is 0 Å². The third-order valence-corrected chi connectivity index (χ3v) is 6.81. The normalized spacial score (nSPS) is 18.0. The largest absolute Gasteiger partial charge is 0.417 e. The van der Waals surface area contributed by atoms with Gasteiger partial charge in [-0.1, -0.05) is 28.1 Å². The molecule has 2 aromatic carbocycles. The standard InChI is InChI=1S/C24H21BrF4N2O2/c25-17-4-1-16(2-5-17)3-8-21(32)31-14-23(15-31)9-11-30(12-10-23)22(33)19-7-6-18(26)13-20(19)24(27,28)29/h1-8,13H,9-12,14-15H2/b8-3+. The maximum atomic E-state index is 13.3. The summed E-state index contributed by atoms with van der Waals surface area (Å²) in [5.41, 5.74) is -1.00. The molecule has 0 unspecified atom stereocenters. The van der Waals surface area contributed by atoms with Crippen LogP contribution in [0.1, 0.15) is 34.3 Å². The van der Waals surface area contributed by atoms with Crippen molar-refractivity contribution >= 4 is 33.8 Å². The van der Waals surface area contributed by atoms with Gasteiger partial charge in [-0.15, -0.1) is 0 Å². The van der Waals surface area contributed by atoms with Gasteiger partial charge in [0, 0.05) is 42.1 Å². The van der Waals surface area contributed by atoms with Crippen LogP contribution in [0.2, 0.25) is 0 Å². The second kappa shape index (κ2) is 8.93. The van der Waals surface area contributed by atoms with Gasteiger partial charge in [0.2, 0.25) is 5.91 Å². The Bertz CT molecular complexity index is 1080. The van der Waals surface area contributed by atoms with Crippen LogP contribution < -0.4 is 0 Å². The Kier molecular flexibility index (Phi) is 6.35. The lowest BCUT2D eigenvalue weighted by Crippen LogP contribution is -2.62. The predicted octanol–water partition coefficient (Wildman–Crippen LogP) is 5.39. The van der Waals surface area contributed by atoms with Crippen LogP contribution in [0.5, 0.6) is 0 Å². The highest BCUT2D eigenvalue weighted by Gasteiger charge is 2.47. The number of carbonyl (C=O) groups excluding carboxylic acids is 2. The van der Waals surface area contributed by atoms with E-state index < -0.39 is 29.0 Å². The smallest absolute Gasteiger partial charge is 0.339 e. The zero-order valence-electron chi connectivity index (χ0n) is 17.5. The molecular formula is C24H21BrF4N2O2. The number of carbonyl (C=O) groups is 2. The SMILES string of the molecule is O=C(/C=C/c1ccc(Br)cc1)N1CC2(CCN(C(=O)c3ccc(F)cc3C(F)(F)F)CC2)C1. The van der Waals surface area contributed by atoms with Crippen molar-refractivity contribution in [1.29, 1.82) is 0 Å². The number of nitrogens with zero attached hydrogens (tertiary/aromatic N) is 2. The van der Waals surface area contributed by atoms with Gasteiger partial charge >= 0.3 is 6.18 Å². The second-order valence-electron chi connectivity index (χ2n) is 8.56. The number of likely N-dealkylation sites (tertiary alicyclic amines) is 2. The van der Waals surface area contributed by atoms with Gasteiger partial charge in [-0.25, -0.2) is 4.39 Å². The van der Waals surface area contributed by atoms with Crippen molar-refractivity contribution < 1.29 is 27.2 Å². The molecular weight excluding hydrogens is 504 g/mol. The first kappa shape index (κ1) is 23.5. The summed E-state index contributed by atoms with van der Waals surface area (Å²) in [5.74, 6) is -1.88. The van der Waals surface area contributed by atoms with E-state index in [1.165, 1.54) is 11.0 Å². The van der Waals surface area contributed by atoms with Crippen molar-refractivity contribution in [1.82, 2.24) is 9.80 Å². The highest BCUT2D eigenvalue weighted by Crippen LogP contribution is 2.41. The quantitative estimate of drug-likeness (QED) is 0.399. The maximum Gasteiger partial charge on any atom is 0.417 e. The average Bonchev–Trinajstić information content (AvgIpc) is 2.76. The molecule has 33 heavy (non-hydrogen) atoms. The van der Waals surface area contributed by atoms with E-state index in [-0.39, 0.29) is 11.3 Å². The second-order valence-corrected chi connectivity index (χ2v) is 9.47. The highest BCUT2D eigenvalue weighted by molar-refractivity contribution is 9.10. The van der Waals surface area contributed by atoms with Crippen LogP contribution in [0.15, 0.2) is 53.0 Å². The molecule has 1 spiro atoms. The minimum absolute atomic E-state index is 0.0943. The Hall–Kier alpha value is -2.68. The lowest BCUT2D eigenvalue weighted by Gasteiger charge is -2.53.